The van der Waals surface area contributed by atoms with Crippen molar-refractivity contribution in [1.29, 1.82) is 0 Å². The number of methoxy groups -OCH3 is 1. The van der Waals surface area contributed by atoms with Gasteiger partial charge in [0.15, 0.2) is 5.76 Å². The number of nitrogens with one attached hydrogen (secondary N) is 2. The minimum absolute atomic E-state index is 0.184. The molecule has 1 heterocycles. The maximum Gasteiger partial charge on any atom is 0.287 e. The fourth-order valence-corrected chi connectivity index (χ4v) is 1.87. The molecule has 0 fully saturated rings. The molecule has 1 aromatic heterocycles. The van der Waals surface area contributed by atoms with E-state index in [0.29, 0.717) is 25.3 Å². The number of carbonyl (C=O) groups is 2. The first-order valence-electron chi connectivity index (χ1n) is 6.88. The number of carbonyl (C=O) groups excluding carboxylic acids is 2. The first-order valence-corrected chi connectivity index (χ1v) is 6.88. The predicted molar refractivity (Wildman–Crippen MR) is 80.5 cm³/mol. The lowest BCUT2D eigenvalue weighted by Crippen LogP contribution is -2.34. The lowest BCUT2D eigenvalue weighted by Gasteiger charge is -2.07. The third-order valence-electron chi connectivity index (χ3n) is 2.97. The standard InChI is InChI=1S/C16H18N2O4/c1-21-11-12-4-6-13(7-5-12)15(19)17-8-9-18-16(20)14-3-2-10-22-14/h2-7,10H,8-9,11H2,1H3,(H,17,19)(H,18,20). The molecule has 0 aliphatic rings. The van der Waals surface area contributed by atoms with Gasteiger partial charge in [0.1, 0.15) is 0 Å². The Bertz CT molecular complexity index is 606. The van der Waals surface area contributed by atoms with Gasteiger partial charge >= 0.3 is 0 Å². The minimum atomic E-state index is -0.303. The highest BCUT2D eigenvalue weighted by molar-refractivity contribution is 5.94. The largest absolute Gasteiger partial charge is 0.459 e. The lowest BCUT2D eigenvalue weighted by molar-refractivity contribution is 0.0910. The molecule has 6 nitrogen and oxygen atoms in total. The van der Waals surface area contributed by atoms with E-state index in [2.05, 4.69) is 10.6 Å². The molecule has 0 saturated heterocycles. The third-order valence-corrected chi connectivity index (χ3v) is 2.97. The average molecular weight is 302 g/mol. The molecule has 0 unspecified atom stereocenters. The molecule has 0 aliphatic carbocycles. The summed E-state index contributed by atoms with van der Waals surface area (Å²) < 4.78 is 9.98. The zero-order valence-electron chi connectivity index (χ0n) is 12.3. The normalized spacial score (nSPS) is 10.2. The Morgan fingerprint density at radius 1 is 1.05 bits per heavy atom. The van der Waals surface area contributed by atoms with Crippen molar-refractivity contribution in [2.24, 2.45) is 0 Å². The first-order chi connectivity index (χ1) is 10.7. The van der Waals surface area contributed by atoms with E-state index in [4.69, 9.17) is 9.15 Å². The summed E-state index contributed by atoms with van der Waals surface area (Å²) >= 11 is 0. The van der Waals surface area contributed by atoms with E-state index in [1.807, 2.05) is 12.1 Å². The molecule has 0 atom stereocenters. The van der Waals surface area contributed by atoms with E-state index in [1.165, 1.54) is 6.26 Å². The van der Waals surface area contributed by atoms with Gasteiger partial charge in [-0.2, -0.15) is 0 Å². The summed E-state index contributed by atoms with van der Waals surface area (Å²) in [5.41, 5.74) is 1.57. The smallest absolute Gasteiger partial charge is 0.287 e. The van der Waals surface area contributed by atoms with Gasteiger partial charge in [0, 0.05) is 25.8 Å². The van der Waals surface area contributed by atoms with Crippen LogP contribution in [-0.2, 0) is 11.3 Å². The van der Waals surface area contributed by atoms with Gasteiger partial charge in [-0.15, -0.1) is 0 Å². The number of rotatable bonds is 7. The summed E-state index contributed by atoms with van der Waals surface area (Å²) in [5.74, 6) is -0.237. The van der Waals surface area contributed by atoms with Crippen LogP contribution in [0.1, 0.15) is 26.5 Å². The first kappa shape index (κ1) is 15.8. The van der Waals surface area contributed by atoms with Gasteiger partial charge in [0.05, 0.1) is 12.9 Å². The van der Waals surface area contributed by atoms with Crippen LogP contribution in [-0.4, -0.2) is 32.0 Å². The van der Waals surface area contributed by atoms with E-state index in [-0.39, 0.29) is 17.6 Å². The quantitative estimate of drug-likeness (QED) is 0.761. The summed E-state index contributed by atoms with van der Waals surface area (Å²) in [6.07, 6.45) is 1.43. The number of hydrogen-bond donors (Lipinski definition) is 2. The second kappa shape index (κ2) is 7.99. The Morgan fingerprint density at radius 2 is 1.73 bits per heavy atom. The van der Waals surface area contributed by atoms with Gasteiger partial charge in [-0.25, -0.2) is 0 Å². The molecule has 2 N–H and O–H groups in total. The van der Waals surface area contributed by atoms with Crippen molar-refractivity contribution in [2.45, 2.75) is 6.61 Å². The molecule has 0 radical (unpaired) electrons. The van der Waals surface area contributed by atoms with Crippen LogP contribution >= 0.6 is 0 Å². The topological polar surface area (TPSA) is 80.6 Å². The predicted octanol–water partition coefficient (Wildman–Crippen LogP) is 1.59. The van der Waals surface area contributed by atoms with Crippen molar-refractivity contribution < 1.29 is 18.7 Å². The summed E-state index contributed by atoms with van der Waals surface area (Å²) in [6, 6.07) is 10.4. The fraction of sp³-hybridized carbons (Fsp3) is 0.250. The van der Waals surface area contributed by atoms with Crippen LogP contribution < -0.4 is 10.6 Å². The van der Waals surface area contributed by atoms with Crippen molar-refractivity contribution in [3.05, 3.63) is 59.5 Å². The summed E-state index contributed by atoms with van der Waals surface area (Å²) in [6.45, 7) is 1.18. The molecular weight excluding hydrogens is 284 g/mol. The minimum Gasteiger partial charge on any atom is -0.459 e. The van der Waals surface area contributed by atoms with E-state index in [0.717, 1.165) is 5.56 Å². The Balaban J connectivity index is 1.72. The summed E-state index contributed by atoms with van der Waals surface area (Å²) in [4.78, 5) is 23.5. The average Bonchev–Trinajstić information content (AvgIpc) is 3.06. The van der Waals surface area contributed by atoms with Gasteiger partial charge in [-0.3, -0.25) is 9.59 Å². The molecular formula is C16H18N2O4. The van der Waals surface area contributed by atoms with Gasteiger partial charge in [-0.1, -0.05) is 12.1 Å². The van der Waals surface area contributed by atoms with Gasteiger partial charge in [-0.05, 0) is 29.8 Å². The molecule has 22 heavy (non-hydrogen) atoms. The zero-order valence-corrected chi connectivity index (χ0v) is 12.3. The SMILES string of the molecule is COCc1ccc(C(=O)NCCNC(=O)c2ccco2)cc1. The molecule has 0 aliphatic heterocycles. The van der Waals surface area contributed by atoms with Crippen LogP contribution in [0.4, 0.5) is 0 Å². The van der Waals surface area contributed by atoms with Crippen LogP contribution in [0.15, 0.2) is 47.1 Å². The van der Waals surface area contributed by atoms with Crippen LogP contribution in [0.25, 0.3) is 0 Å². The number of benzene rings is 1. The molecule has 6 heteroatoms. The highest BCUT2D eigenvalue weighted by Crippen LogP contribution is 2.05. The number of amides is 2. The van der Waals surface area contributed by atoms with E-state index in [9.17, 15) is 9.59 Å². The highest BCUT2D eigenvalue weighted by Gasteiger charge is 2.08. The van der Waals surface area contributed by atoms with Crippen molar-refractivity contribution in [3.63, 3.8) is 0 Å². The molecule has 0 saturated carbocycles. The monoisotopic (exact) mass is 302 g/mol. The van der Waals surface area contributed by atoms with Crippen molar-refractivity contribution in [3.8, 4) is 0 Å². The highest BCUT2D eigenvalue weighted by atomic mass is 16.5. The maximum absolute atomic E-state index is 11.9. The third kappa shape index (κ3) is 4.46. The second-order valence-corrected chi connectivity index (χ2v) is 4.62. The second-order valence-electron chi connectivity index (χ2n) is 4.62. The number of furan rings is 1. The summed E-state index contributed by atoms with van der Waals surface area (Å²) in [5, 5.41) is 5.39. The van der Waals surface area contributed by atoms with Gasteiger partial charge < -0.3 is 19.8 Å². The van der Waals surface area contributed by atoms with E-state index < -0.39 is 0 Å². The maximum atomic E-state index is 11.9. The van der Waals surface area contributed by atoms with Crippen LogP contribution in [0, 0.1) is 0 Å². The lowest BCUT2D eigenvalue weighted by atomic mass is 10.1. The molecule has 1 aromatic carbocycles. The Hall–Kier alpha value is -2.60. The fourth-order valence-electron chi connectivity index (χ4n) is 1.87. The molecule has 2 amide bonds. The molecule has 0 spiro atoms. The molecule has 2 rings (SSSR count). The van der Waals surface area contributed by atoms with Crippen LogP contribution in [0.2, 0.25) is 0 Å². The van der Waals surface area contributed by atoms with E-state index in [1.54, 1.807) is 31.4 Å². The van der Waals surface area contributed by atoms with Crippen molar-refractivity contribution in [2.75, 3.05) is 20.2 Å². The van der Waals surface area contributed by atoms with Crippen LogP contribution in [0.3, 0.4) is 0 Å². The Morgan fingerprint density at radius 3 is 2.32 bits per heavy atom. The van der Waals surface area contributed by atoms with E-state index >= 15 is 0 Å². The molecule has 116 valence electrons. The zero-order chi connectivity index (χ0) is 15.8. The Labute approximate surface area is 128 Å². The van der Waals surface area contributed by atoms with Crippen molar-refractivity contribution in [1.82, 2.24) is 10.6 Å². The summed E-state index contributed by atoms with van der Waals surface area (Å²) in [7, 11) is 1.62. The van der Waals surface area contributed by atoms with Gasteiger partial charge in [0.2, 0.25) is 0 Å². The number of hydrogen-bond acceptors (Lipinski definition) is 4. The molecule has 2 aromatic rings. The molecule has 0 bridgehead atoms. The van der Waals surface area contributed by atoms with Crippen molar-refractivity contribution >= 4 is 11.8 Å². The number of ether oxygens (including phenoxy) is 1. The van der Waals surface area contributed by atoms with Gasteiger partial charge in [0.25, 0.3) is 11.8 Å². The van der Waals surface area contributed by atoms with Crippen LogP contribution in [0.5, 0.6) is 0 Å². The Kier molecular flexibility index (Phi) is 5.73.